The Kier molecular flexibility index (Phi) is 8.35. The average Bonchev–Trinajstić information content (AvgIpc) is 2.70. The van der Waals surface area contributed by atoms with E-state index < -0.39 is 0 Å². The van der Waals surface area contributed by atoms with Gasteiger partial charge in [0.2, 0.25) is 5.88 Å². The number of rotatable bonds is 11. The molecule has 3 aromatic rings. The Balaban J connectivity index is 1.59. The minimum atomic E-state index is 0.647. The lowest BCUT2D eigenvalue weighted by Crippen LogP contribution is -1.93. The molecule has 0 N–H and O–H groups in total. The van der Waals surface area contributed by atoms with Crippen LogP contribution in [-0.2, 0) is 6.42 Å². The first-order valence-electron chi connectivity index (χ1n) is 10.6. The quantitative estimate of drug-likeness (QED) is 0.279. The smallest absolute Gasteiger partial charge is 0.219 e. The summed E-state index contributed by atoms with van der Waals surface area (Å²) in [6.07, 6.45) is 11.8. The summed E-state index contributed by atoms with van der Waals surface area (Å²) >= 11 is 3.48. The number of hydrogen-bond acceptors (Lipinski definition) is 2. The fourth-order valence-corrected chi connectivity index (χ4v) is 3.93. The number of para-hydroxylation sites is 1. The summed E-state index contributed by atoms with van der Waals surface area (Å²) in [6, 6.07) is 18.4. The zero-order valence-electron chi connectivity index (χ0n) is 16.8. The molecule has 0 aliphatic rings. The predicted molar refractivity (Wildman–Crippen MR) is 122 cm³/mol. The summed E-state index contributed by atoms with van der Waals surface area (Å²) in [5.41, 5.74) is 2.39. The van der Waals surface area contributed by atoms with Gasteiger partial charge >= 0.3 is 0 Å². The van der Waals surface area contributed by atoms with Gasteiger partial charge in [0.05, 0.1) is 5.52 Å². The van der Waals surface area contributed by atoms with Crippen LogP contribution < -0.4 is 4.74 Å². The molecule has 28 heavy (non-hydrogen) atoms. The van der Waals surface area contributed by atoms with Crippen LogP contribution in [0, 0.1) is 0 Å². The molecule has 0 aliphatic heterocycles. The topological polar surface area (TPSA) is 22.1 Å². The van der Waals surface area contributed by atoms with Crippen LogP contribution in [0.15, 0.2) is 59.1 Å². The first kappa shape index (κ1) is 20.9. The van der Waals surface area contributed by atoms with E-state index in [4.69, 9.17) is 9.72 Å². The van der Waals surface area contributed by atoms with Crippen LogP contribution in [0.5, 0.6) is 11.6 Å². The van der Waals surface area contributed by atoms with Gasteiger partial charge in [0.15, 0.2) is 0 Å². The molecule has 0 radical (unpaired) electrons. The summed E-state index contributed by atoms with van der Waals surface area (Å²) in [7, 11) is 0. The number of fused-ring (bicyclic) bond motifs is 1. The molecule has 0 amide bonds. The molecule has 0 atom stereocenters. The van der Waals surface area contributed by atoms with Gasteiger partial charge in [0, 0.05) is 15.9 Å². The SMILES string of the molecule is CCCCCCCCCCc1cccc2ccc(Oc3cccc(Br)c3)nc12. The molecule has 148 valence electrons. The van der Waals surface area contributed by atoms with Crippen LogP contribution >= 0.6 is 15.9 Å². The Morgan fingerprint density at radius 2 is 1.57 bits per heavy atom. The fraction of sp³-hybridized carbons (Fsp3) is 0.400. The van der Waals surface area contributed by atoms with E-state index >= 15 is 0 Å². The highest BCUT2D eigenvalue weighted by molar-refractivity contribution is 9.10. The molecular formula is C25H30BrNO. The molecule has 0 fully saturated rings. The van der Waals surface area contributed by atoms with Gasteiger partial charge in [0.1, 0.15) is 5.75 Å². The third-order valence-corrected chi connectivity index (χ3v) is 5.59. The number of hydrogen-bond donors (Lipinski definition) is 0. The van der Waals surface area contributed by atoms with Gasteiger partial charge in [-0.05, 0) is 42.7 Å². The van der Waals surface area contributed by atoms with Crippen molar-refractivity contribution >= 4 is 26.8 Å². The van der Waals surface area contributed by atoms with Crippen LogP contribution in [0.2, 0.25) is 0 Å². The van der Waals surface area contributed by atoms with E-state index in [0.717, 1.165) is 22.2 Å². The molecule has 2 nitrogen and oxygen atoms in total. The number of pyridine rings is 1. The molecule has 0 saturated carbocycles. The molecule has 0 aliphatic carbocycles. The van der Waals surface area contributed by atoms with E-state index in [2.05, 4.69) is 47.1 Å². The maximum Gasteiger partial charge on any atom is 0.219 e. The third kappa shape index (κ3) is 6.34. The summed E-state index contributed by atoms with van der Waals surface area (Å²) in [5.74, 6) is 1.44. The monoisotopic (exact) mass is 439 g/mol. The fourth-order valence-electron chi connectivity index (χ4n) is 3.55. The molecule has 1 aromatic heterocycles. The lowest BCUT2D eigenvalue weighted by Gasteiger charge is -2.09. The average molecular weight is 440 g/mol. The lowest BCUT2D eigenvalue weighted by molar-refractivity contribution is 0.464. The van der Waals surface area contributed by atoms with Crippen LogP contribution in [0.3, 0.4) is 0 Å². The molecule has 1 heterocycles. The molecular weight excluding hydrogens is 410 g/mol. The first-order valence-corrected chi connectivity index (χ1v) is 11.4. The molecule has 3 rings (SSSR count). The number of ether oxygens (including phenoxy) is 1. The van der Waals surface area contributed by atoms with Crippen molar-refractivity contribution in [1.82, 2.24) is 4.98 Å². The molecule has 0 spiro atoms. The minimum absolute atomic E-state index is 0.647. The van der Waals surface area contributed by atoms with Gasteiger partial charge in [-0.25, -0.2) is 4.98 Å². The van der Waals surface area contributed by atoms with Crippen molar-refractivity contribution in [3.63, 3.8) is 0 Å². The van der Waals surface area contributed by atoms with Crippen molar-refractivity contribution in [2.24, 2.45) is 0 Å². The van der Waals surface area contributed by atoms with Crippen LogP contribution in [0.1, 0.15) is 63.9 Å². The number of aromatic nitrogens is 1. The highest BCUT2D eigenvalue weighted by Crippen LogP contribution is 2.26. The Labute approximate surface area is 177 Å². The number of aryl methyl sites for hydroxylation is 1. The van der Waals surface area contributed by atoms with E-state index in [1.165, 1.54) is 62.3 Å². The van der Waals surface area contributed by atoms with Gasteiger partial charge in [-0.2, -0.15) is 0 Å². The van der Waals surface area contributed by atoms with E-state index in [-0.39, 0.29) is 0 Å². The highest BCUT2D eigenvalue weighted by atomic mass is 79.9. The van der Waals surface area contributed by atoms with Crippen molar-refractivity contribution in [2.45, 2.75) is 64.7 Å². The molecule has 0 unspecified atom stereocenters. The normalized spacial score (nSPS) is 11.1. The van der Waals surface area contributed by atoms with Crippen molar-refractivity contribution in [3.8, 4) is 11.6 Å². The molecule has 2 aromatic carbocycles. The maximum absolute atomic E-state index is 5.97. The Morgan fingerprint density at radius 3 is 2.36 bits per heavy atom. The Morgan fingerprint density at radius 1 is 0.821 bits per heavy atom. The van der Waals surface area contributed by atoms with Crippen molar-refractivity contribution in [2.75, 3.05) is 0 Å². The van der Waals surface area contributed by atoms with Gasteiger partial charge in [-0.15, -0.1) is 0 Å². The van der Waals surface area contributed by atoms with Crippen LogP contribution in [0.4, 0.5) is 0 Å². The third-order valence-electron chi connectivity index (χ3n) is 5.10. The minimum Gasteiger partial charge on any atom is -0.439 e. The second kappa shape index (κ2) is 11.2. The van der Waals surface area contributed by atoms with Crippen molar-refractivity contribution in [1.29, 1.82) is 0 Å². The standard InChI is InChI=1S/C25H30BrNO/c1-2-3-4-5-6-7-8-9-12-20-13-10-14-21-17-18-24(27-25(20)21)28-23-16-11-15-22(26)19-23/h10-11,13-19H,2-9,12H2,1H3. The van der Waals surface area contributed by atoms with Gasteiger partial charge in [-0.1, -0.05) is 92.1 Å². The second-order valence-corrected chi connectivity index (χ2v) is 8.34. The zero-order valence-corrected chi connectivity index (χ0v) is 18.4. The van der Waals surface area contributed by atoms with E-state index in [1.54, 1.807) is 0 Å². The lowest BCUT2D eigenvalue weighted by atomic mass is 10.0. The van der Waals surface area contributed by atoms with Crippen LogP contribution in [-0.4, -0.2) is 4.98 Å². The van der Waals surface area contributed by atoms with Gasteiger partial charge < -0.3 is 4.74 Å². The van der Waals surface area contributed by atoms with Crippen molar-refractivity contribution in [3.05, 3.63) is 64.6 Å². The summed E-state index contributed by atoms with van der Waals surface area (Å²) in [4.78, 5) is 4.81. The van der Waals surface area contributed by atoms with E-state index in [0.29, 0.717) is 5.88 Å². The van der Waals surface area contributed by atoms with Gasteiger partial charge in [0.25, 0.3) is 0 Å². The zero-order chi connectivity index (χ0) is 19.6. The van der Waals surface area contributed by atoms with Crippen molar-refractivity contribution < 1.29 is 4.74 Å². The molecule has 3 heteroatoms. The number of benzene rings is 2. The number of nitrogens with zero attached hydrogens (tertiary/aromatic N) is 1. The Bertz CT molecular complexity index is 877. The predicted octanol–water partition coefficient (Wildman–Crippen LogP) is 8.47. The number of unbranched alkanes of at least 4 members (excludes halogenated alkanes) is 7. The largest absolute Gasteiger partial charge is 0.439 e. The molecule has 0 bridgehead atoms. The van der Waals surface area contributed by atoms with Gasteiger partial charge in [-0.3, -0.25) is 0 Å². The highest BCUT2D eigenvalue weighted by Gasteiger charge is 2.06. The molecule has 0 saturated heterocycles. The second-order valence-electron chi connectivity index (χ2n) is 7.42. The maximum atomic E-state index is 5.97. The number of halogens is 1. The summed E-state index contributed by atoms with van der Waals surface area (Å²) in [5, 5.41) is 1.18. The summed E-state index contributed by atoms with van der Waals surface area (Å²) in [6.45, 7) is 2.27. The van der Waals surface area contributed by atoms with E-state index in [1.807, 2.05) is 30.3 Å². The van der Waals surface area contributed by atoms with E-state index in [9.17, 15) is 0 Å². The first-order chi connectivity index (χ1) is 13.8. The van der Waals surface area contributed by atoms with Crippen LogP contribution in [0.25, 0.3) is 10.9 Å². The Hall–Kier alpha value is -1.87. The summed E-state index contributed by atoms with van der Waals surface area (Å²) < 4.78 is 6.97.